The number of benzene rings is 1. The minimum Gasteiger partial charge on any atom is -0.481 e. The molecule has 0 saturated heterocycles. The highest BCUT2D eigenvalue weighted by Crippen LogP contribution is 2.17. The number of hydroxylamine groups is 1. The van der Waals surface area contributed by atoms with E-state index in [-0.39, 0.29) is 5.91 Å². The molecule has 1 atom stereocenters. The third-order valence-corrected chi connectivity index (χ3v) is 2.61. The average Bonchev–Trinajstić information content (AvgIpc) is 2.31. The predicted molar refractivity (Wildman–Crippen MR) is 73.2 cm³/mol. The SMILES string of the molecule is CC(C)CONC(=O)C(C)Oc1ccc(Br)cc1. The summed E-state index contributed by atoms with van der Waals surface area (Å²) in [4.78, 5) is 16.7. The molecule has 0 aromatic heterocycles. The normalized spacial score (nSPS) is 12.3. The Kier molecular flexibility index (Phi) is 6.15. The first-order valence-corrected chi connectivity index (χ1v) is 6.62. The molecular weight excluding hydrogens is 298 g/mol. The first-order chi connectivity index (χ1) is 8.49. The molecular formula is C13H18BrNO3. The molecule has 0 aliphatic rings. The van der Waals surface area contributed by atoms with Gasteiger partial charge in [0.25, 0.3) is 5.91 Å². The van der Waals surface area contributed by atoms with E-state index in [0.29, 0.717) is 18.3 Å². The maximum Gasteiger partial charge on any atom is 0.284 e. The number of halogens is 1. The van der Waals surface area contributed by atoms with Crippen molar-refractivity contribution in [2.75, 3.05) is 6.61 Å². The Balaban J connectivity index is 2.37. The molecule has 0 aliphatic heterocycles. The van der Waals surface area contributed by atoms with Gasteiger partial charge in [0.05, 0.1) is 6.61 Å². The van der Waals surface area contributed by atoms with E-state index in [9.17, 15) is 4.79 Å². The zero-order valence-corrected chi connectivity index (χ0v) is 12.4. The van der Waals surface area contributed by atoms with Gasteiger partial charge in [-0.15, -0.1) is 0 Å². The molecule has 0 radical (unpaired) electrons. The Hall–Kier alpha value is -1.07. The third-order valence-electron chi connectivity index (χ3n) is 2.09. The summed E-state index contributed by atoms with van der Waals surface area (Å²) in [5.41, 5.74) is 2.37. The number of hydrogen-bond donors (Lipinski definition) is 1. The van der Waals surface area contributed by atoms with Crippen LogP contribution in [0.1, 0.15) is 20.8 Å². The maximum atomic E-state index is 11.6. The monoisotopic (exact) mass is 315 g/mol. The lowest BCUT2D eigenvalue weighted by Gasteiger charge is -2.15. The molecule has 1 N–H and O–H groups in total. The molecule has 0 aliphatic carbocycles. The summed E-state index contributed by atoms with van der Waals surface area (Å²) < 4.78 is 6.44. The number of carbonyl (C=O) groups excluding carboxylic acids is 1. The van der Waals surface area contributed by atoms with Gasteiger partial charge >= 0.3 is 0 Å². The van der Waals surface area contributed by atoms with Gasteiger partial charge < -0.3 is 4.74 Å². The lowest BCUT2D eigenvalue weighted by atomic mass is 10.2. The zero-order chi connectivity index (χ0) is 13.5. The smallest absolute Gasteiger partial charge is 0.284 e. The van der Waals surface area contributed by atoms with Crippen LogP contribution in [0.15, 0.2) is 28.7 Å². The van der Waals surface area contributed by atoms with Gasteiger partial charge in [0.2, 0.25) is 0 Å². The van der Waals surface area contributed by atoms with Crippen LogP contribution in [0.25, 0.3) is 0 Å². The van der Waals surface area contributed by atoms with E-state index in [1.54, 1.807) is 19.1 Å². The molecule has 4 nitrogen and oxygen atoms in total. The van der Waals surface area contributed by atoms with Crippen molar-refractivity contribution in [1.82, 2.24) is 5.48 Å². The fourth-order valence-electron chi connectivity index (χ4n) is 1.13. The quantitative estimate of drug-likeness (QED) is 0.821. The van der Waals surface area contributed by atoms with Crippen molar-refractivity contribution < 1.29 is 14.4 Å². The number of ether oxygens (including phenoxy) is 1. The van der Waals surface area contributed by atoms with Crippen LogP contribution in [0.3, 0.4) is 0 Å². The molecule has 100 valence electrons. The van der Waals surface area contributed by atoms with Gasteiger partial charge in [-0.3, -0.25) is 9.63 Å². The van der Waals surface area contributed by atoms with Gasteiger partial charge in [-0.05, 0) is 37.1 Å². The van der Waals surface area contributed by atoms with E-state index in [2.05, 4.69) is 21.4 Å². The van der Waals surface area contributed by atoms with Gasteiger partial charge in [0.15, 0.2) is 6.10 Å². The maximum absolute atomic E-state index is 11.6. The van der Waals surface area contributed by atoms with Gasteiger partial charge in [0.1, 0.15) is 5.75 Å². The number of rotatable bonds is 6. The summed E-state index contributed by atoms with van der Waals surface area (Å²) in [6, 6.07) is 7.30. The van der Waals surface area contributed by atoms with Crippen LogP contribution in [0.5, 0.6) is 5.75 Å². The Morgan fingerprint density at radius 1 is 1.28 bits per heavy atom. The largest absolute Gasteiger partial charge is 0.481 e. The van der Waals surface area contributed by atoms with Gasteiger partial charge in [-0.2, -0.15) is 0 Å². The van der Waals surface area contributed by atoms with Crippen molar-refractivity contribution in [3.63, 3.8) is 0 Å². The minimum absolute atomic E-state index is 0.293. The van der Waals surface area contributed by atoms with Crippen LogP contribution in [0, 0.1) is 5.92 Å². The summed E-state index contributed by atoms with van der Waals surface area (Å²) >= 11 is 3.33. The van der Waals surface area contributed by atoms with Crippen LogP contribution in [-0.2, 0) is 9.63 Å². The van der Waals surface area contributed by atoms with Crippen molar-refractivity contribution in [3.05, 3.63) is 28.7 Å². The van der Waals surface area contributed by atoms with E-state index in [1.807, 2.05) is 26.0 Å². The third kappa shape index (κ3) is 5.51. The minimum atomic E-state index is -0.599. The second-order valence-corrected chi connectivity index (χ2v) is 5.30. The lowest BCUT2D eigenvalue weighted by molar-refractivity contribution is -0.140. The average molecular weight is 316 g/mol. The van der Waals surface area contributed by atoms with Crippen LogP contribution in [-0.4, -0.2) is 18.6 Å². The molecule has 1 aromatic carbocycles. The second-order valence-electron chi connectivity index (χ2n) is 4.39. The highest BCUT2D eigenvalue weighted by atomic mass is 79.9. The van der Waals surface area contributed by atoms with Crippen molar-refractivity contribution in [2.45, 2.75) is 26.9 Å². The molecule has 0 bridgehead atoms. The molecule has 1 unspecified atom stereocenters. The van der Waals surface area contributed by atoms with E-state index in [4.69, 9.17) is 9.57 Å². The highest BCUT2D eigenvalue weighted by molar-refractivity contribution is 9.10. The molecule has 5 heteroatoms. The first kappa shape index (κ1) is 15.0. The molecule has 0 spiro atoms. The van der Waals surface area contributed by atoms with Crippen LogP contribution in [0.4, 0.5) is 0 Å². The molecule has 0 fully saturated rings. The Morgan fingerprint density at radius 2 is 1.89 bits per heavy atom. The Bertz CT molecular complexity index is 378. The van der Waals surface area contributed by atoms with Crippen molar-refractivity contribution in [3.8, 4) is 5.75 Å². The molecule has 0 saturated carbocycles. The predicted octanol–water partition coefficient (Wildman–Crippen LogP) is 2.92. The summed E-state index contributed by atoms with van der Waals surface area (Å²) in [7, 11) is 0. The molecule has 1 aromatic rings. The fraction of sp³-hybridized carbons (Fsp3) is 0.462. The number of nitrogens with one attached hydrogen (secondary N) is 1. The van der Waals surface area contributed by atoms with E-state index >= 15 is 0 Å². The number of carbonyl (C=O) groups is 1. The summed E-state index contributed by atoms with van der Waals surface area (Å²) in [5, 5.41) is 0. The summed E-state index contributed by atoms with van der Waals surface area (Å²) in [6.45, 7) is 6.18. The lowest BCUT2D eigenvalue weighted by Crippen LogP contribution is -2.37. The summed E-state index contributed by atoms with van der Waals surface area (Å²) in [6.07, 6.45) is -0.599. The highest BCUT2D eigenvalue weighted by Gasteiger charge is 2.14. The summed E-state index contributed by atoms with van der Waals surface area (Å²) in [5.74, 6) is 0.719. The van der Waals surface area contributed by atoms with Crippen LogP contribution >= 0.6 is 15.9 Å². The second kappa shape index (κ2) is 7.38. The van der Waals surface area contributed by atoms with Gasteiger partial charge in [-0.1, -0.05) is 29.8 Å². The van der Waals surface area contributed by atoms with Crippen LogP contribution in [0.2, 0.25) is 0 Å². The molecule has 0 heterocycles. The van der Waals surface area contributed by atoms with Gasteiger partial charge in [0, 0.05) is 4.47 Å². The van der Waals surface area contributed by atoms with E-state index in [1.165, 1.54) is 0 Å². The number of amides is 1. The zero-order valence-electron chi connectivity index (χ0n) is 10.8. The standard InChI is InChI=1S/C13H18BrNO3/c1-9(2)8-17-15-13(16)10(3)18-12-6-4-11(14)5-7-12/h4-7,9-10H,8H2,1-3H3,(H,15,16). The van der Waals surface area contributed by atoms with Crippen molar-refractivity contribution in [1.29, 1.82) is 0 Å². The topological polar surface area (TPSA) is 47.6 Å². The Morgan fingerprint density at radius 3 is 2.44 bits per heavy atom. The van der Waals surface area contributed by atoms with Crippen molar-refractivity contribution >= 4 is 21.8 Å². The fourth-order valence-corrected chi connectivity index (χ4v) is 1.40. The first-order valence-electron chi connectivity index (χ1n) is 5.83. The Labute approximate surface area is 116 Å². The molecule has 1 amide bonds. The number of hydrogen-bond acceptors (Lipinski definition) is 3. The molecule has 18 heavy (non-hydrogen) atoms. The van der Waals surface area contributed by atoms with Gasteiger partial charge in [-0.25, -0.2) is 5.48 Å². The van der Waals surface area contributed by atoms with Crippen LogP contribution < -0.4 is 10.2 Å². The van der Waals surface area contributed by atoms with E-state index in [0.717, 1.165) is 4.47 Å². The molecule has 1 rings (SSSR count). The van der Waals surface area contributed by atoms with E-state index < -0.39 is 6.10 Å². The van der Waals surface area contributed by atoms with Crippen molar-refractivity contribution in [2.24, 2.45) is 5.92 Å².